The van der Waals surface area contributed by atoms with E-state index in [2.05, 4.69) is 53.1 Å². The number of anilines is 1. The predicted molar refractivity (Wildman–Crippen MR) is 59.4 cm³/mol. The Morgan fingerprint density at radius 1 is 1.07 bits per heavy atom. The summed E-state index contributed by atoms with van der Waals surface area (Å²) in [5, 5.41) is 9.27. The number of rotatable bonds is 2. The van der Waals surface area contributed by atoms with Gasteiger partial charge in [-0.1, -0.05) is 36.4 Å². The molecule has 1 heterocycles. The van der Waals surface area contributed by atoms with E-state index in [-0.39, 0.29) is 0 Å². The van der Waals surface area contributed by atoms with Gasteiger partial charge in [0, 0.05) is 17.6 Å². The molecule has 0 amide bonds. The lowest BCUT2D eigenvalue weighted by Crippen LogP contribution is -2.06. The van der Waals surface area contributed by atoms with Gasteiger partial charge in [-0.05, 0) is 11.5 Å². The molecule has 2 heteroatoms. The zero-order chi connectivity index (χ0) is 9.38. The molecule has 3 rings (SSSR count). The van der Waals surface area contributed by atoms with E-state index >= 15 is 0 Å². The normalized spacial score (nSPS) is 19.6. The van der Waals surface area contributed by atoms with Gasteiger partial charge in [0.1, 0.15) is 0 Å². The Labute approximate surface area is 82.9 Å². The highest BCUT2D eigenvalue weighted by molar-refractivity contribution is 5.93. The van der Waals surface area contributed by atoms with Gasteiger partial charge in [-0.25, -0.2) is 0 Å². The molecule has 0 saturated carbocycles. The Morgan fingerprint density at radius 3 is 2.71 bits per heavy atom. The SMILES string of the molecule is c1ccc2c(NC3CN3)cccc2c1. The van der Waals surface area contributed by atoms with Crippen molar-refractivity contribution in [2.75, 3.05) is 11.9 Å². The van der Waals surface area contributed by atoms with Crippen molar-refractivity contribution in [3.63, 3.8) is 0 Å². The third-order valence-corrected chi connectivity index (χ3v) is 2.53. The molecule has 1 aliphatic rings. The number of hydrogen-bond donors (Lipinski definition) is 2. The molecular formula is C12H12N2. The molecule has 2 nitrogen and oxygen atoms in total. The van der Waals surface area contributed by atoms with E-state index in [9.17, 15) is 0 Å². The second-order valence-corrected chi connectivity index (χ2v) is 3.63. The topological polar surface area (TPSA) is 34.0 Å². The maximum absolute atomic E-state index is 3.45. The molecule has 14 heavy (non-hydrogen) atoms. The summed E-state index contributed by atoms with van der Waals surface area (Å²) in [7, 11) is 0. The number of nitrogens with one attached hydrogen (secondary N) is 2. The average molecular weight is 184 g/mol. The first-order valence-corrected chi connectivity index (χ1v) is 4.91. The lowest BCUT2D eigenvalue weighted by molar-refractivity contribution is 1.11. The first kappa shape index (κ1) is 7.83. The van der Waals surface area contributed by atoms with Crippen LogP contribution in [0.4, 0.5) is 5.69 Å². The summed E-state index contributed by atoms with van der Waals surface area (Å²) >= 11 is 0. The standard InChI is InChI=1S/C12H12N2/c1-2-6-10-9(4-1)5-3-7-11(10)14-12-8-13-12/h1-7,12-14H,8H2. The van der Waals surface area contributed by atoms with Crippen LogP contribution in [0.1, 0.15) is 0 Å². The summed E-state index contributed by atoms with van der Waals surface area (Å²) in [5.41, 5.74) is 1.22. The maximum atomic E-state index is 3.45. The van der Waals surface area contributed by atoms with E-state index in [1.165, 1.54) is 16.5 Å². The summed E-state index contributed by atoms with van der Waals surface area (Å²) in [6, 6.07) is 14.8. The molecule has 2 aromatic rings. The van der Waals surface area contributed by atoms with Gasteiger partial charge in [0.2, 0.25) is 0 Å². The molecule has 2 N–H and O–H groups in total. The largest absolute Gasteiger partial charge is 0.368 e. The van der Waals surface area contributed by atoms with Gasteiger partial charge < -0.3 is 5.32 Å². The minimum Gasteiger partial charge on any atom is -0.368 e. The highest BCUT2D eigenvalue weighted by atomic mass is 15.3. The van der Waals surface area contributed by atoms with E-state index in [1.807, 2.05) is 0 Å². The van der Waals surface area contributed by atoms with Crippen molar-refractivity contribution < 1.29 is 0 Å². The summed E-state index contributed by atoms with van der Waals surface area (Å²) in [5.74, 6) is 0. The van der Waals surface area contributed by atoms with Crippen LogP contribution < -0.4 is 10.6 Å². The average Bonchev–Trinajstić information content (AvgIpc) is 3.03. The quantitative estimate of drug-likeness (QED) is 0.701. The van der Waals surface area contributed by atoms with E-state index in [1.54, 1.807) is 0 Å². The summed E-state index contributed by atoms with van der Waals surface area (Å²) < 4.78 is 0. The van der Waals surface area contributed by atoms with Crippen LogP contribution >= 0.6 is 0 Å². The molecule has 1 aliphatic heterocycles. The molecule has 0 aliphatic carbocycles. The lowest BCUT2D eigenvalue weighted by Gasteiger charge is -2.07. The Kier molecular flexibility index (Phi) is 1.67. The molecule has 1 unspecified atom stereocenters. The molecule has 2 aromatic carbocycles. The van der Waals surface area contributed by atoms with E-state index in [0.29, 0.717) is 6.17 Å². The highest BCUT2D eigenvalue weighted by Gasteiger charge is 2.19. The predicted octanol–water partition coefficient (Wildman–Crippen LogP) is 2.18. The van der Waals surface area contributed by atoms with Crippen molar-refractivity contribution in [3.8, 4) is 0 Å². The number of fused-ring (bicyclic) bond motifs is 1. The van der Waals surface area contributed by atoms with Gasteiger partial charge >= 0.3 is 0 Å². The van der Waals surface area contributed by atoms with E-state index in [0.717, 1.165) is 6.54 Å². The van der Waals surface area contributed by atoms with Crippen LogP contribution in [0.3, 0.4) is 0 Å². The van der Waals surface area contributed by atoms with Crippen LogP contribution in [0.5, 0.6) is 0 Å². The molecular weight excluding hydrogens is 172 g/mol. The molecule has 0 spiro atoms. The Bertz CT molecular complexity index is 455. The van der Waals surface area contributed by atoms with Crippen molar-refractivity contribution in [1.82, 2.24) is 5.32 Å². The molecule has 0 bridgehead atoms. The van der Waals surface area contributed by atoms with Gasteiger partial charge in [-0.2, -0.15) is 0 Å². The van der Waals surface area contributed by atoms with Crippen LogP contribution in [-0.2, 0) is 0 Å². The summed E-state index contributed by atoms with van der Waals surface area (Å²) in [6.07, 6.45) is 0.473. The number of hydrogen-bond acceptors (Lipinski definition) is 2. The van der Waals surface area contributed by atoms with Crippen LogP contribution in [-0.4, -0.2) is 12.7 Å². The number of benzene rings is 2. The smallest absolute Gasteiger partial charge is 0.0898 e. The highest BCUT2D eigenvalue weighted by Crippen LogP contribution is 2.24. The second kappa shape index (κ2) is 3.00. The zero-order valence-electron chi connectivity index (χ0n) is 7.83. The molecule has 1 fully saturated rings. The van der Waals surface area contributed by atoms with Crippen LogP contribution in [0.25, 0.3) is 10.8 Å². The van der Waals surface area contributed by atoms with Gasteiger partial charge in [-0.3, -0.25) is 5.32 Å². The van der Waals surface area contributed by atoms with Gasteiger partial charge in [0.25, 0.3) is 0 Å². The van der Waals surface area contributed by atoms with Crippen molar-refractivity contribution >= 4 is 16.5 Å². The van der Waals surface area contributed by atoms with Crippen LogP contribution in [0, 0.1) is 0 Å². The molecule has 1 atom stereocenters. The van der Waals surface area contributed by atoms with Gasteiger partial charge in [-0.15, -0.1) is 0 Å². The molecule has 0 radical (unpaired) electrons. The van der Waals surface area contributed by atoms with Gasteiger partial charge in [0.15, 0.2) is 0 Å². The minimum absolute atomic E-state index is 0.473. The fourth-order valence-electron chi connectivity index (χ4n) is 1.70. The summed E-state index contributed by atoms with van der Waals surface area (Å²) in [4.78, 5) is 0. The third-order valence-electron chi connectivity index (χ3n) is 2.53. The van der Waals surface area contributed by atoms with Crippen molar-refractivity contribution in [2.45, 2.75) is 6.17 Å². The monoisotopic (exact) mass is 184 g/mol. The fourth-order valence-corrected chi connectivity index (χ4v) is 1.70. The minimum atomic E-state index is 0.473. The van der Waals surface area contributed by atoms with Crippen molar-refractivity contribution in [2.24, 2.45) is 0 Å². The third kappa shape index (κ3) is 1.34. The summed E-state index contributed by atoms with van der Waals surface area (Å²) in [6.45, 7) is 1.07. The zero-order valence-corrected chi connectivity index (χ0v) is 7.83. The first-order valence-electron chi connectivity index (χ1n) is 4.91. The molecule has 70 valence electrons. The van der Waals surface area contributed by atoms with Crippen molar-refractivity contribution in [3.05, 3.63) is 42.5 Å². The lowest BCUT2D eigenvalue weighted by atomic mass is 10.1. The van der Waals surface area contributed by atoms with E-state index in [4.69, 9.17) is 0 Å². The first-order chi connectivity index (χ1) is 6.93. The maximum Gasteiger partial charge on any atom is 0.0898 e. The van der Waals surface area contributed by atoms with Crippen LogP contribution in [0.15, 0.2) is 42.5 Å². The Hall–Kier alpha value is -1.54. The van der Waals surface area contributed by atoms with Crippen LogP contribution in [0.2, 0.25) is 0 Å². The Morgan fingerprint density at radius 2 is 1.86 bits per heavy atom. The molecule has 1 saturated heterocycles. The second-order valence-electron chi connectivity index (χ2n) is 3.63. The fraction of sp³-hybridized carbons (Fsp3) is 0.167. The van der Waals surface area contributed by atoms with E-state index < -0.39 is 0 Å². The van der Waals surface area contributed by atoms with Crippen molar-refractivity contribution in [1.29, 1.82) is 0 Å². The van der Waals surface area contributed by atoms with Gasteiger partial charge in [0.05, 0.1) is 6.17 Å². The molecule has 0 aromatic heterocycles. The Balaban J connectivity index is 2.11.